The number of para-hydroxylation sites is 2. The van der Waals surface area contributed by atoms with Crippen LogP contribution in [0.2, 0.25) is 0 Å². The quantitative estimate of drug-likeness (QED) is 0.158. The van der Waals surface area contributed by atoms with Crippen molar-refractivity contribution in [1.82, 2.24) is 4.98 Å². The number of anilines is 3. The molecule has 0 amide bonds. The Bertz CT molecular complexity index is 2090. The number of pyridine rings is 1. The fourth-order valence-corrected chi connectivity index (χ4v) is 5.58. The number of phenolic OH excluding ortho intramolecular Hbond substituents is 2. The standard InChI is InChI=1S/C40H29N3O2.Pt/c44-38-21-11-15-29-14-10-20-36(40(29)38)41-27-31-24-30(28-12-4-1-5-13-28)25-37(42-31)35-23-22-34(26-39(35)45)43(32-16-6-2-7-17-32)33-18-8-3-9-19-33;/h1-27,44-45H;. The summed E-state index contributed by atoms with van der Waals surface area (Å²) in [5, 5.41) is 23.6. The number of phenols is 2. The Balaban J connectivity index is 0.00000372. The van der Waals surface area contributed by atoms with Crippen molar-refractivity contribution in [3.63, 3.8) is 0 Å². The second-order valence-corrected chi connectivity index (χ2v) is 10.7. The third-order valence-electron chi connectivity index (χ3n) is 7.69. The van der Waals surface area contributed by atoms with Gasteiger partial charge in [-0.2, -0.15) is 0 Å². The van der Waals surface area contributed by atoms with Gasteiger partial charge in [-0.25, -0.2) is 4.98 Å². The fraction of sp³-hybridized carbons (Fsp3) is 0. The number of benzene rings is 6. The number of aromatic nitrogens is 1. The van der Waals surface area contributed by atoms with Crippen LogP contribution in [0.15, 0.2) is 163 Å². The van der Waals surface area contributed by atoms with Gasteiger partial charge in [0, 0.05) is 55.1 Å². The van der Waals surface area contributed by atoms with Gasteiger partial charge in [-0.1, -0.05) is 91.0 Å². The smallest absolute Gasteiger partial charge is 0.127 e. The van der Waals surface area contributed by atoms with Gasteiger partial charge in [-0.05, 0) is 77.2 Å². The Kier molecular flexibility index (Phi) is 9.05. The Morgan fingerprint density at radius 1 is 0.543 bits per heavy atom. The molecule has 1 aromatic heterocycles. The van der Waals surface area contributed by atoms with Crippen LogP contribution in [0.4, 0.5) is 22.7 Å². The maximum atomic E-state index is 11.5. The van der Waals surface area contributed by atoms with E-state index in [-0.39, 0.29) is 32.6 Å². The second-order valence-electron chi connectivity index (χ2n) is 10.7. The van der Waals surface area contributed by atoms with Gasteiger partial charge >= 0.3 is 0 Å². The normalized spacial score (nSPS) is 11.0. The summed E-state index contributed by atoms with van der Waals surface area (Å²) in [6.45, 7) is 0. The predicted molar refractivity (Wildman–Crippen MR) is 184 cm³/mol. The molecule has 5 nitrogen and oxygen atoms in total. The van der Waals surface area contributed by atoms with Crippen LogP contribution < -0.4 is 4.90 Å². The van der Waals surface area contributed by atoms with Gasteiger partial charge in [0.1, 0.15) is 11.5 Å². The van der Waals surface area contributed by atoms with E-state index in [4.69, 9.17) is 9.98 Å². The summed E-state index contributed by atoms with van der Waals surface area (Å²) in [6, 6.07) is 51.0. The van der Waals surface area contributed by atoms with E-state index in [1.54, 1.807) is 18.3 Å². The first-order chi connectivity index (χ1) is 22.1. The Labute approximate surface area is 282 Å². The maximum Gasteiger partial charge on any atom is 0.127 e. The van der Waals surface area contributed by atoms with Crippen molar-refractivity contribution in [3.8, 4) is 33.9 Å². The molecule has 0 atom stereocenters. The molecule has 6 heteroatoms. The van der Waals surface area contributed by atoms with Gasteiger partial charge in [0.25, 0.3) is 0 Å². The molecule has 7 rings (SSSR count). The molecule has 0 fully saturated rings. The summed E-state index contributed by atoms with van der Waals surface area (Å²) in [5.41, 5.74) is 7.26. The van der Waals surface area contributed by atoms with Gasteiger partial charge in [-0.15, -0.1) is 0 Å². The molecule has 0 aliphatic carbocycles. The molecule has 0 radical (unpaired) electrons. The van der Waals surface area contributed by atoms with Crippen LogP contribution >= 0.6 is 0 Å². The topological polar surface area (TPSA) is 69.0 Å². The van der Waals surface area contributed by atoms with Crippen LogP contribution in [0.5, 0.6) is 11.5 Å². The van der Waals surface area contributed by atoms with Crippen molar-refractivity contribution in [2.45, 2.75) is 0 Å². The zero-order chi connectivity index (χ0) is 30.6. The van der Waals surface area contributed by atoms with E-state index in [9.17, 15) is 10.2 Å². The van der Waals surface area contributed by atoms with Gasteiger partial charge < -0.3 is 15.1 Å². The molecule has 46 heavy (non-hydrogen) atoms. The molecule has 0 bridgehead atoms. The molecule has 0 unspecified atom stereocenters. The Hall–Kier alpha value is -5.51. The van der Waals surface area contributed by atoms with Gasteiger partial charge in [0.15, 0.2) is 0 Å². The van der Waals surface area contributed by atoms with E-state index in [0.29, 0.717) is 28.0 Å². The van der Waals surface area contributed by atoms with Crippen LogP contribution in [0.25, 0.3) is 33.2 Å². The minimum absolute atomic E-state index is 0. The molecule has 0 saturated heterocycles. The Morgan fingerprint density at radius 2 is 1.17 bits per heavy atom. The van der Waals surface area contributed by atoms with Crippen LogP contribution in [-0.2, 0) is 21.1 Å². The molecule has 0 saturated carbocycles. The summed E-state index contributed by atoms with van der Waals surface area (Å²) in [4.78, 5) is 11.8. The number of aromatic hydroxyl groups is 2. The molecular formula is C40H29N3O2Pt. The first-order valence-corrected chi connectivity index (χ1v) is 14.7. The van der Waals surface area contributed by atoms with E-state index >= 15 is 0 Å². The van der Waals surface area contributed by atoms with Gasteiger partial charge in [-0.3, -0.25) is 4.99 Å². The Morgan fingerprint density at radius 3 is 1.83 bits per heavy atom. The number of aliphatic imine (C=N–C) groups is 1. The van der Waals surface area contributed by atoms with Crippen LogP contribution in [0, 0.1) is 0 Å². The first-order valence-electron chi connectivity index (χ1n) is 14.7. The molecular weight excluding hydrogens is 750 g/mol. The number of nitrogens with zero attached hydrogens (tertiary/aromatic N) is 3. The predicted octanol–water partition coefficient (Wildman–Crippen LogP) is 10.2. The van der Waals surface area contributed by atoms with Crippen molar-refractivity contribution in [3.05, 3.63) is 163 Å². The van der Waals surface area contributed by atoms with Crippen molar-refractivity contribution in [2.75, 3.05) is 4.90 Å². The minimum Gasteiger partial charge on any atom is -0.507 e. The zero-order valence-electron chi connectivity index (χ0n) is 24.6. The first kappa shape index (κ1) is 30.5. The number of hydrogen-bond donors (Lipinski definition) is 2. The fourth-order valence-electron chi connectivity index (χ4n) is 5.58. The van der Waals surface area contributed by atoms with E-state index in [1.165, 1.54) is 0 Å². The van der Waals surface area contributed by atoms with E-state index in [1.807, 2.05) is 146 Å². The number of fused-ring (bicyclic) bond motifs is 1. The van der Waals surface area contributed by atoms with E-state index in [0.717, 1.165) is 33.6 Å². The average molecular weight is 779 g/mol. The third-order valence-corrected chi connectivity index (χ3v) is 7.69. The van der Waals surface area contributed by atoms with Gasteiger partial charge in [0.05, 0.1) is 23.3 Å². The van der Waals surface area contributed by atoms with Crippen LogP contribution in [0.1, 0.15) is 5.69 Å². The molecule has 0 aliphatic heterocycles. The zero-order valence-corrected chi connectivity index (χ0v) is 26.9. The van der Waals surface area contributed by atoms with Gasteiger partial charge in [0.2, 0.25) is 0 Å². The molecule has 0 spiro atoms. The number of rotatable bonds is 7. The summed E-state index contributed by atoms with van der Waals surface area (Å²) in [5.74, 6) is 0.293. The molecule has 226 valence electrons. The summed E-state index contributed by atoms with van der Waals surface area (Å²) >= 11 is 0. The molecule has 7 aromatic rings. The molecule has 6 aromatic carbocycles. The van der Waals surface area contributed by atoms with E-state index < -0.39 is 0 Å². The largest absolute Gasteiger partial charge is 0.507 e. The van der Waals surface area contributed by atoms with Crippen LogP contribution in [0.3, 0.4) is 0 Å². The molecule has 2 N–H and O–H groups in total. The van der Waals surface area contributed by atoms with Crippen molar-refractivity contribution >= 4 is 39.7 Å². The third kappa shape index (κ3) is 6.32. The van der Waals surface area contributed by atoms with Crippen molar-refractivity contribution in [1.29, 1.82) is 0 Å². The minimum atomic E-state index is 0. The number of hydrogen-bond acceptors (Lipinski definition) is 5. The summed E-state index contributed by atoms with van der Waals surface area (Å²) in [7, 11) is 0. The van der Waals surface area contributed by atoms with E-state index in [2.05, 4.69) is 4.90 Å². The van der Waals surface area contributed by atoms with Crippen molar-refractivity contribution in [2.24, 2.45) is 4.99 Å². The van der Waals surface area contributed by atoms with Crippen molar-refractivity contribution < 1.29 is 31.3 Å². The van der Waals surface area contributed by atoms with Crippen LogP contribution in [-0.4, -0.2) is 21.4 Å². The SMILES string of the molecule is Oc1cc(N(c2ccccc2)c2ccccc2)ccc1-c1cc(-c2ccccc2)cc(C=Nc2cccc3cccc(O)c23)n1.[Pt]. The maximum absolute atomic E-state index is 11.5. The monoisotopic (exact) mass is 778 g/mol. The summed E-state index contributed by atoms with van der Waals surface area (Å²) < 4.78 is 0. The summed E-state index contributed by atoms with van der Waals surface area (Å²) in [6.07, 6.45) is 1.70. The average Bonchev–Trinajstić information content (AvgIpc) is 3.09. The molecule has 1 heterocycles. The molecule has 0 aliphatic rings. The second kappa shape index (κ2) is 13.6.